The summed E-state index contributed by atoms with van der Waals surface area (Å²) in [6, 6.07) is 8.44. The fourth-order valence-electron chi connectivity index (χ4n) is 3.70. The van der Waals surface area contributed by atoms with Gasteiger partial charge in [-0.25, -0.2) is 0 Å². The minimum Gasteiger partial charge on any atom is -0.497 e. The van der Waals surface area contributed by atoms with Gasteiger partial charge < -0.3 is 29.3 Å². The molecule has 1 atom stereocenters. The van der Waals surface area contributed by atoms with Crippen molar-refractivity contribution in [2.24, 2.45) is 4.99 Å². The number of likely N-dealkylation sites (N-methyl/N-ethyl adjacent to an activating group) is 1. The molecule has 7 nitrogen and oxygen atoms in total. The van der Waals surface area contributed by atoms with Crippen LogP contribution in [0.5, 0.6) is 5.75 Å². The van der Waals surface area contributed by atoms with E-state index >= 15 is 0 Å². The van der Waals surface area contributed by atoms with Gasteiger partial charge in [-0.05, 0) is 58.0 Å². The average Bonchev–Trinajstić information content (AvgIpc) is 2.76. The summed E-state index contributed by atoms with van der Waals surface area (Å²) in [7, 11) is 7.63. The van der Waals surface area contributed by atoms with E-state index in [-0.39, 0.29) is 6.04 Å². The molecule has 0 spiro atoms. The summed E-state index contributed by atoms with van der Waals surface area (Å²) in [4.78, 5) is 9.56. The van der Waals surface area contributed by atoms with Gasteiger partial charge in [0.05, 0.1) is 25.8 Å². The molecular formula is C23H40N4O3. The zero-order valence-corrected chi connectivity index (χ0v) is 19.4. The number of nitrogens with zero attached hydrogens (tertiary/aromatic N) is 3. The smallest absolute Gasteiger partial charge is 0.193 e. The SMILES string of the molecule is CCNC(=NCC(c1cccc(OC)c1)N(C)C)N1CCC(OCCCOC)CC1. The zero-order valence-electron chi connectivity index (χ0n) is 19.4. The quantitative estimate of drug-likeness (QED) is 0.338. The van der Waals surface area contributed by atoms with E-state index in [2.05, 4.69) is 48.3 Å². The molecule has 2 rings (SSSR count). The lowest BCUT2D eigenvalue weighted by Gasteiger charge is -2.34. The largest absolute Gasteiger partial charge is 0.497 e. The molecule has 170 valence electrons. The highest BCUT2D eigenvalue weighted by Gasteiger charge is 2.22. The van der Waals surface area contributed by atoms with Gasteiger partial charge in [-0.3, -0.25) is 4.99 Å². The number of nitrogens with one attached hydrogen (secondary N) is 1. The van der Waals surface area contributed by atoms with Gasteiger partial charge in [-0.15, -0.1) is 0 Å². The Balaban J connectivity index is 1.97. The summed E-state index contributed by atoms with van der Waals surface area (Å²) in [5, 5.41) is 3.47. The maximum atomic E-state index is 6.00. The number of hydrogen-bond acceptors (Lipinski definition) is 5. The van der Waals surface area contributed by atoms with Crippen LogP contribution < -0.4 is 10.1 Å². The minimum atomic E-state index is 0.190. The van der Waals surface area contributed by atoms with Crippen molar-refractivity contribution in [3.63, 3.8) is 0 Å². The van der Waals surface area contributed by atoms with Crippen LogP contribution in [-0.2, 0) is 9.47 Å². The van der Waals surface area contributed by atoms with E-state index in [9.17, 15) is 0 Å². The fraction of sp³-hybridized carbons (Fsp3) is 0.696. The van der Waals surface area contributed by atoms with E-state index in [1.165, 1.54) is 5.56 Å². The number of hydrogen-bond donors (Lipinski definition) is 1. The number of piperidine rings is 1. The lowest BCUT2D eigenvalue weighted by Crippen LogP contribution is -2.47. The molecule has 1 fully saturated rings. The minimum absolute atomic E-state index is 0.190. The van der Waals surface area contributed by atoms with Gasteiger partial charge in [0, 0.05) is 40.0 Å². The predicted molar refractivity (Wildman–Crippen MR) is 122 cm³/mol. The van der Waals surface area contributed by atoms with Crippen molar-refractivity contribution in [3.8, 4) is 5.75 Å². The third kappa shape index (κ3) is 7.78. The molecule has 0 radical (unpaired) electrons. The molecular weight excluding hydrogens is 380 g/mol. The molecule has 1 saturated heterocycles. The van der Waals surface area contributed by atoms with Crippen LogP contribution in [0.15, 0.2) is 29.3 Å². The highest BCUT2D eigenvalue weighted by Crippen LogP contribution is 2.23. The highest BCUT2D eigenvalue weighted by molar-refractivity contribution is 5.80. The molecule has 30 heavy (non-hydrogen) atoms. The van der Waals surface area contributed by atoms with Crippen LogP contribution in [0.25, 0.3) is 0 Å². The fourth-order valence-corrected chi connectivity index (χ4v) is 3.70. The van der Waals surface area contributed by atoms with Crippen molar-refractivity contribution in [3.05, 3.63) is 29.8 Å². The summed E-state index contributed by atoms with van der Waals surface area (Å²) in [6.07, 6.45) is 3.36. The van der Waals surface area contributed by atoms with Gasteiger partial charge in [0.2, 0.25) is 0 Å². The lowest BCUT2D eigenvalue weighted by atomic mass is 10.1. The van der Waals surface area contributed by atoms with E-state index in [1.807, 2.05) is 12.1 Å². The van der Waals surface area contributed by atoms with E-state index < -0.39 is 0 Å². The predicted octanol–water partition coefficient (Wildman–Crippen LogP) is 2.78. The molecule has 1 aliphatic rings. The Kier molecular flexibility index (Phi) is 11.0. The Bertz CT molecular complexity index is 631. The Morgan fingerprint density at radius 2 is 2.00 bits per heavy atom. The summed E-state index contributed by atoms with van der Waals surface area (Å²) in [6.45, 7) is 7.13. The molecule has 1 aliphatic heterocycles. The maximum Gasteiger partial charge on any atom is 0.193 e. The monoisotopic (exact) mass is 420 g/mol. The van der Waals surface area contributed by atoms with E-state index in [1.54, 1.807) is 14.2 Å². The summed E-state index contributed by atoms with van der Waals surface area (Å²) in [5.74, 6) is 1.87. The number of guanidine groups is 1. The van der Waals surface area contributed by atoms with Gasteiger partial charge in [-0.2, -0.15) is 0 Å². The molecule has 0 aromatic heterocycles. The van der Waals surface area contributed by atoms with Crippen LogP contribution in [0.3, 0.4) is 0 Å². The van der Waals surface area contributed by atoms with Crippen molar-refractivity contribution < 1.29 is 14.2 Å². The van der Waals surface area contributed by atoms with Gasteiger partial charge in [0.25, 0.3) is 0 Å². The Morgan fingerprint density at radius 3 is 2.63 bits per heavy atom. The van der Waals surface area contributed by atoms with Crippen molar-refractivity contribution in [1.82, 2.24) is 15.1 Å². The molecule has 0 bridgehead atoms. The first-order valence-electron chi connectivity index (χ1n) is 11.0. The standard InChI is InChI=1S/C23H40N4O3/c1-6-24-23(27-13-11-20(12-14-27)30-16-8-15-28-4)25-18-22(26(2)3)19-9-7-10-21(17-19)29-5/h7,9-10,17,20,22H,6,8,11-16,18H2,1-5H3,(H,24,25). The molecule has 1 aromatic carbocycles. The molecule has 1 unspecified atom stereocenters. The van der Waals surface area contributed by atoms with Crippen LogP contribution >= 0.6 is 0 Å². The van der Waals surface area contributed by atoms with Crippen molar-refractivity contribution >= 4 is 5.96 Å². The number of benzene rings is 1. The number of ether oxygens (including phenoxy) is 3. The van der Waals surface area contributed by atoms with Gasteiger partial charge in [-0.1, -0.05) is 12.1 Å². The normalized spacial score (nSPS) is 16.7. The number of likely N-dealkylation sites (tertiary alicyclic amines) is 1. The summed E-state index contributed by atoms with van der Waals surface area (Å²) < 4.78 is 16.5. The second-order valence-electron chi connectivity index (χ2n) is 7.85. The number of aliphatic imine (C=N–C) groups is 1. The van der Waals surface area contributed by atoms with Crippen LogP contribution in [0.2, 0.25) is 0 Å². The topological polar surface area (TPSA) is 58.6 Å². The lowest BCUT2D eigenvalue weighted by molar-refractivity contribution is 0.00989. The first-order chi connectivity index (χ1) is 14.6. The Hall–Kier alpha value is -1.83. The van der Waals surface area contributed by atoms with Gasteiger partial charge in [0.1, 0.15) is 5.75 Å². The van der Waals surface area contributed by atoms with Gasteiger partial charge in [0.15, 0.2) is 5.96 Å². The van der Waals surface area contributed by atoms with E-state index in [0.717, 1.165) is 63.8 Å². The van der Waals surface area contributed by atoms with Crippen LogP contribution in [0, 0.1) is 0 Å². The third-order valence-electron chi connectivity index (χ3n) is 5.44. The zero-order chi connectivity index (χ0) is 21.8. The van der Waals surface area contributed by atoms with Gasteiger partial charge >= 0.3 is 0 Å². The molecule has 0 amide bonds. The van der Waals surface area contributed by atoms with Crippen LogP contribution in [0.4, 0.5) is 0 Å². The van der Waals surface area contributed by atoms with Crippen LogP contribution in [0.1, 0.15) is 37.8 Å². The second-order valence-corrected chi connectivity index (χ2v) is 7.85. The first-order valence-corrected chi connectivity index (χ1v) is 11.0. The molecule has 1 heterocycles. The Labute approximate surface area is 182 Å². The summed E-state index contributed by atoms with van der Waals surface area (Å²) >= 11 is 0. The molecule has 0 saturated carbocycles. The number of methoxy groups -OCH3 is 2. The molecule has 0 aliphatic carbocycles. The number of rotatable bonds is 11. The van der Waals surface area contributed by atoms with E-state index in [4.69, 9.17) is 19.2 Å². The Morgan fingerprint density at radius 1 is 1.23 bits per heavy atom. The second kappa shape index (κ2) is 13.5. The summed E-state index contributed by atoms with van der Waals surface area (Å²) in [5.41, 5.74) is 1.21. The van der Waals surface area contributed by atoms with Crippen molar-refractivity contribution in [2.75, 3.05) is 67.7 Å². The molecule has 1 N–H and O–H groups in total. The highest BCUT2D eigenvalue weighted by atomic mass is 16.5. The first kappa shape index (κ1) is 24.4. The van der Waals surface area contributed by atoms with Crippen LogP contribution in [-0.4, -0.2) is 89.6 Å². The average molecular weight is 421 g/mol. The molecule has 7 heteroatoms. The maximum absolute atomic E-state index is 6.00. The van der Waals surface area contributed by atoms with E-state index in [0.29, 0.717) is 12.6 Å². The third-order valence-corrected chi connectivity index (χ3v) is 5.44. The van der Waals surface area contributed by atoms with Crippen molar-refractivity contribution in [1.29, 1.82) is 0 Å². The molecule has 1 aromatic rings. The van der Waals surface area contributed by atoms with Crippen molar-refractivity contribution in [2.45, 2.75) is 38.3 Å².